The molecule has 30 heavy (non-hydrogen) atoms. The van der Waals surface area contributed by atoms with E-state index >= 15 is 0 Å². The fourth-order valence-electron chi connectivity index (χ4n) is 2.76. The minimum atomic E-state index is -0.564. The molecule has 0 saturated carbocycles. The quantitative estimate of drug-likeness (QED) is 0.425. The lowest BCUT2D eigenvalue weighted by molar-refractivity contribution is -0.105. The van der Waals surface area contributed by atoms with Gasteiger partial charge in [0.2, 0.25) is 6.41 Å². The lowest BCUT2D eigenvalue weighted by Crippen LogP contribution is -1.95. The van der Waals surface area contributed by atoms with Crippen molar-refractivity contribution in [3.8, 4) is 22.1 Å². The number of hydrogen-bond acceptors (Lipinski definition) is 6. The van der Waals surface area contributed by atoms with Crippen LogP contribution in [0.3, 0.4) is 0 Å². The summed E-state index contributed by atoms with van der Waals surface area (Å²) < 4.78 is 20.9. The normalized spacial score (nSPS) is 10.3. The molecule has 3 heterocycles. The zero-order chi connectivity index (χ0) is 21.5. The van der Waals surface area contributed by atoms with Crippen LogP contribution in [-0.2, 0) is 11.2 Å². The first-order chi connectivity index (χ1) is 14.7. The first-order valence-electron chi connectivity index (χ1n) is 9.27. The Balaban J connectivity index is 0.00000124. The number of ether oxygens (including phenoxy) is 1. The SMILES string of the molecule is CCc1ccc(-c2cc3nccc(Oc4ccc(NC=O)cc4F)c3s2)nc1.CN. The Morgan fingerprint density at radius 3 is 2.63 bits per heavy atom. The fraction of sp³-hybridized carbons (Fsp3) is 0.136. The van der Waals surface area contributed by atoms with Crippen LogP contribution in [0.1, 0.15) is 12.5 Å². The Morgan fingerprint density at radius 1 is 1.13 bits per heavy atom. The van der Waals surface area contributed by atoms with Gasteiger partial charge in [0.25, 0.3) is 0 Å². The number of nitrogens with two attached hydrogens (primary N) is 1. The van der Waals surface area contributed by atoms with Gasteiger partial charge in [-0.3, -0.25) is 14.8 Å². The number of fused-ring (bicyclic) bond motifs is 1. The number of nitrogens with one attached hydrogen (secondary N) is 1. The van der Waals surface area contributed by atoms with Gasteiger partial charge in [0, 0.05) is 30.2 Å². The number of rotatable bonds is 6. The molecule has 8 heteroatoms. The van der Waals surface area contributed by atoms with Crippen molar-refractivity contribution in [2.45, 2.75) is 13.3 Å². The largest absolute Gasteiger partial charge is 0.453 e. The number of carbonyl (C=O) groups excluding carboxylic acids is 1. The number of nitrogens with zero attached hydrogens (tertiary/aromatic N) is 2. The topological polar surface area (TPSA) is 90.1 Å². The number of thiophene rings is 1. The predicted octanol–water partition coefficient (Wildman–Crippen LogP) is 5.00. The van der Waals surface area contributed by atoms with Crippen LogP contribution in [0.15, 0.2) is 54.9 Å². The highest BCUT2D eigenvalue weighted by molar-refractivity contribution is 7.22. The van der Waals surface area contributed by atoms with E-state index in [1.165, 1.54) is 36.1 Å². The van der Waals surface area contributed by atoms with Crippen molar-refractivity contribution in [2.75, 3.05) is 12.4 Å². The van der Waals surface area contributed by atoms with Gasteiger partial charge in [-0.15, -0.1) is 11.3 Å². The second-order valence-corrected chi connectivity index (χ2v) is 7.10. The monoisotopic (exact) mass is 424 g/mol. The van der Waals surface area contributed by atoms with Crippen molar-refractivity contribution >= 4 is 33.7 Å². The average molecular weight is 425 g/mol. The number of carbonyl (C=O) groups is 1. The van der Waals surface area contributed by atoms with E-state index in [0.717, 1.165) is 27.2 Å². The molecule has 1 amide bonds. The summed E-state index contributed by atoms with van der Waals surface area (Å²) in [5.41, 5.74) is 7.66. The van der Waals surface area contributed by atoms with E-state index in [4.69, 9.17) is 4.74 Å². The Labute approximate surface area is 177 Å². The second kappa shape index (κ2) is 9.91. The van der Waals surface area contributed by atoms with Gasteiger partial charge in [-0.05, 0) is 43.3 Å². The lowest BCUT2D eigenvalue weighted by atomic mass is 10.2. The summed E-state index contributed by atoms with van der Waals surface area (Å²) in [6.07, 6.45) is 4.93. The van der Waals surface area contributed by atoms with Gasteiger partial charge < -0.3 is 15.8 Å². The maximum absolute atomic E-state index is 14.3. The molecule has 3 aromatic heterocycles. The molecule has 0 spiro atoms. The first kappa shape index (κ1) is 21.4. The van der Waals surface area contributed by atoms with Crippen LogP contribution in [0.4, 0.5) is 10.1 Å². The third-order valence-electron chi connectivity index (χ3n) is 4.24. The molecule has 0 fully saturated rings. The van der Waals surface area contributed by atoms with Gasteiger partial charge in [-0.1, -0.05) is 13.0 Å². The molecule has 0 atom stereocenters. The standard InChI is InChI=1S/C21H16FN3O2S.CH5N/c1-2-13-3-5-16(24-11-13)20-10-17-21(28-20)19(7-8-23-17)27-18-6-4-14(25-12-26)9-15(18)22;1-2/h3-12H,2H2,1H3,(H,25,26);2H2,1H3. The number of aromatic nitrogens is 2. The van der Waals surface area contributed by atoms with Gasteiger partial charge in [0.15, 0.2) is 11.6 Å². The first-order valence-corrected chi connectivity index (χ1v) is 10.1. The number of benzene rings is 1. The zero-order valence-corrected chi connectivity index (χ0v) is 17.4. The van der Waals surface area contributed by atoms with Crippen LogP contribution in [0.5, 0.6) is 11.5 Å². The molecular formula is C22H21FN4O2S. The Morgan fingerprint density at radius 2 is 1.97 bits per heavy atom. The fourth-order valence-corrected chi connectivity index (χ4v) is 3.80. The van der Waals surface area contributed by atoms with E-state index in [2.05, 4.69) is 34.0 Å². The van der Waals surface area contributed by atoms with Crippen molar-refractivity contribution in [1.29, 1.82) is 0 Å². The summed E-state index contributed by atoms with van der Waals surface area (Å²) in [6.45, 7) is 2.09. The van der Waals surface area contributed by atoms with Crippen LogP contribution >= 0.6 is 11.3 Å². The summed E-state index contributed by atoms with van der Waals surface area (Å²) in [7, 11) is 1.50. The highest BCUT2D eigenvalue weighted by Crippen LogP contribution is 2.39. The van der Waals surface area contributed by atoms with Crippen molar-refractivity contribution in [3.05, 3.63) is 66.2 Å². The molecule has 6 nitrogen and oxygen atoms in total. The van der Waals surface area contributed by atoms with Crippen molar-refractivity contribution < 1.29 is 13.9 Å². The van der Waals surface area contributed by atoms with Crippen LogP contribution in [0.25, 0.3) is 20.8 Å². The molecule has 0 saturated heterocycles. The van der Waals surface area contributed by atoms with E-state index in [-0.39, 0.29) is 5.75 Å². The van der Waals surface area contributed by atoms with Crippen LogP contribution in [0.2, 0.25) is 0 Å². The van der Waals surface area contributed by atoms with Crippen LogP contribution in [-0.4, -0.2) is 23.4 Å². The predicted molar refractivity (Wildman–Crippen MR) is 119 cm³/mol. The molecular weight excluding hydrogens is 403 g/mol. The van der Waals surface area contributed by atoms with Gasteiger partial charge in [-0.2, -0.15) is 0 Å². The molecule has 0 aliphatic rings. The van der Waals surface area contributed by atoms with Gasteiger partial charge in [0.1, 0.15) is 5.75 Å². The van der Waals surface area contributed by atoms with Gasteiger partial charge in [0.05, 0.1) is 20.8 Å². The summed E-state index contributed by atoms with van der Waals surface area (Å²) in [5, 5.41) is 2.41. The van der Waals surface area contributed by atoms with Crippen molar-refractivity contribution in [3.63, 3.8) is 0 Å². The molecule has 4 rings (SSSR count). The van der Waals surface area contributed by atoms with E-state index in [9.17, 15) is 9.18 Å². The van der Waals surface area contributed by atoms with Gasteiger partial charge in [-0.25, -0.2) is 4.39 Å². The lowest BCUT2D eigenvalue weighted by Gasteiger charge is -2.08. The smallest absolute Gasteiger partial charge is 0.211 e. The van der Waals surface area contributed by atoms with E-state index in [0.29, 0.717) is 17.8 Å². The minimum Gasteiger partial charge on any atom is -0.453 e. The third-order valence-corrected chi connectivity index (χ3v) is 5.40. The molecule has 154 valence electrons. The maximum Gasteiger partial charge on any atom is 0.211 e. The summed E-state index contributed by atoms with van der Waals surface area (Å²) in [5.74, 6) is 0.0242. The molecule has 0 aliphatic carbocycles. The molecule has 4 aromatic rings. The zero-order valence-electron chi connectivity index (χ0n) is 16.6. The van der Waals surface area contributed by atoms with E-state index < -0.39 is 5.82 Å². The highest BCUT2D eigenvalue weighted by atomic mass is 32.1. The number of pyridine rings is 2. The minimum absolute atomic E-state index is 0.0734. The average Bonchev–Trinajstić information content (AvgIpc) is 3.23. The summed E-state index contributed by atoms with van der Waals surface area (Å²) in [6, 6.07) is 12.0. The Kier molecular flexibility index (Phi) is 7.05. The van der Waals surface area contributed by atoms with Crippen LogP contribution in [0, 0.1) is 5.82 Å². The van der Waals surface area contributed by atoms with Crippen molar-refractivity contribution in [2.24, 2.45) is 5.73 Å². The molecule has 1 aromatic carbocycles. The maximum atomic E-state index is 14.3. The third kappa shape index (κ3) is 4.61. The number of anilines is 1. The molecule has 0 bridgehead atoms. The summed E-state index contributed by atoms with van der Waals surface area (Å²) in [4.78, 5) is 20.4. The second-order valence-electron chi connectivity index (χ2n) is 6.05. The Hall–Kier alpha value is -3.36. The van der Waals surface area contributed by atoms with Gasteiger partial charge >= 0.3 is 0 Å². The molecule has 0 unspecified atom stereocenters. The molecule has 3 N–H and O–H groups in total. The highest BCUT2D eigenvalue weighted by Gasteiger charge is 2.13. The number of halogens is 1. The summed E-state index contributed by atoms with van der Waals surface area (Å²) >= 11 is 1.50. The number of aryl methyl sites for hydroxylation is 1. The van der Waals surface area contributed by atoms with E-state index in [1.54, 1.807) is 18.3 Å². The number of hydrogen-bond donors (Lipinski definition) is 2. The van der Waals surface area contributed by atoms with Crippen LogP contribution < -0.4 is 15.8 Å². The van der Waals surface area contributed by atoms with Crippen molar-refractivity contribution in [1.82, 2.24) is 9.97 Å². The van der Waals surface area contributed by atoms with E-state index in [1.807, 2.05) is 18.3 Å². The molecule has 0 radical (unpaired) electrons. The molecule has 0 aliphatic heterocycles. The number of amides is 1. The Bertz CT molecular complexity index is 1150.